The van der Waals surface area contributed by atoms with E-state index in [1.165, 1.54) is 12.1 Å². The van der Waals surface area contributed by atoms with Crippen LogP contribution < -0.4 is 5.32 Å². The Morgan fingerprint density at radius 3 is 2.70 bits per heavy atom. The van der Waals surface area contributed by atoms with E-state index in [-0.39, 0.29) is 10.0 Å². The molecule has 0 unspecified atom stereocenters. The molecule has 106 valence electrons. The van der Waals surface area contributed by atoms with Crippen LogP contribution in [-0.4, -0.2) is 6.54 Å². The standard InChI is InChI=1S/C16H16BrF2N/c1-2-8-20-10-11-4-3-5-12(9-11)15-14(18)7-6-13(17)16(15)19/h3-7,9,20H,2,8,10H2,1H3. The van der Waals surface area contributed by atoms with E-state index in [1.54, 1.807) is 6.07 Å². The Bertz CT molecular complexity index is 599. The predicted octanol–water partition coefficient (Wildman–Crippen LogP) is 4.89. The Morgan fingerprint density at radius 2 is 1.95 bits per heavy atom. The fraction of sp³-hybridized carbons (Fsp3) is 0.250. The zero-order valence-electron chi connectivity index (χ0n) is 11.2. The van der Waals surface area contributed by atoms with Crippen molar-refractivity contribution in [3.8, 4) is 11.1 Å². The predicted molar refractivity (Wildman–Crippen MR) is 81.5 cm³/mol. The average Bonchev–Trinajstić information content (AvgIpc) is 2.44. The summed E-state index contributed by atoms with van der Waals surface area (Å²) in [5, 5.41) is 3.27. The molecule has 0 aliphatic rings. The molecule has 0 radical (unpaired) electrons. The van der Waals surface area contributed by atoms with Gasteiger partial charge in [0.25, 0.3) is 0 Å². The van der Waals surface area contributed by atoms with Gasteiger partial charge in [-0.1, -0.05) is 25.1 Å². The van der Waals surface area contributed by atoms with Gasteiger partial charge < -0.3 is 5.32 Å². The highest BCUT2D eigenvalue weighted by Crippen LogP contribution is 2.31. The van der Waals surface area contributed by atoms with Crippen LogP contribution in [0.4, 0.5) is 8.78 Å². The molecule has 2 rings (SSSR count). The van der Waals surface area contributed by atoms with Gasteiger partial charge in [0.1, 0.15) is 11.6 Å². The first-order valence-corrected chi connectivity index (χ1v) is 7.36. The lowest BCUT2D eigenvalue weighted by atomic mass is 10.0. The van der Waals surface area contributed by atoms with Crippen LogP contribution in [0.1, 0.15) is 18.9 Å². The maximum absolute atomic E-state index is 14.1. The molecule has 20 heavy (non-hydrogen) atoms. The van der Waals surface area contributed by atoms with Crippen molar-refractivity contribution in [1.82, 2.24) is 5.32 Å². The van der Waals surface area contributed by atoms with Gasteiger partial charge in [0.05, 0.1) is 10.0 Å². The number of benzene rings is 2. The Morgan fingerprint density at radius 1 is 1.15 bits per heavy atom. The van der Waals surface area contributed by atoms with Crippen LogP contribution in [0.25, 0.3) is 11.1 Å². The molecule has 0 saturated heterocycles. The summed E-state index contributed by atoms with van der Waals surface area (Å²) < 4.78 is 28.2. The monoisotopic (exact) mass is 339 g/mol. The molecule has 4 heteroatoms. The quantitative estimate of drug-likeness (QED) is 0.603. The molecule has 0 heterocycles. The van der Waals surface area contributed by atoms with Crippen molar-refractivity contribution in [3.05, 3.63) is 58.1 Å². The van der Waals surface area contributed by atoms with Gasteiger partial charge in [-0.25, -0.2) is 8.78 Å². The van der Waals surface area contributed by atoms with Gasteiger partial charge in [-0.3, -0.25) is 0 Å². The minimum Gasteiger partial charge on any atom is -0.313 e. The Kier molecular flexibility index (Phi) is 5.26. The van der Waals surface area contributed by atoms with Crippen LogP contribution in [0.3, 0.4) is 0 Å². The number of hydrogen-bond donors (Lipinski definition) is 1. The maximum atomic E-state index is 14.1. The zero-order chi connectivity index (χ0) is 14.5. The fourth-order valence-electron chi connectivity index (χ4n) is 2.04. The van der Waals surface area contributed by atoms with Gasteiger partial charge in [-0.15, -0.1) is 0 Å². The molecule has 0 aliphatic carbocycles. The average molecular weight is 340 g/mol. The van der Waals surface area contributed by atoms with Gasteiger partial charge in [0.2, 0.25) is 0 Å². The second-order valence-corrected chi connectivity index (χ2v) is 5.45. The van der Waals surface area contributed by atoms with Crippen LogP contribution in [0.2, 0.25) is 0 Å². The Hall–Kier alpha value is -1.26. The normalized spacial score (nSPS) is 10.8. The van der Waals surface area contributed by atoms with Crippen molar-refractivity contribution in [2.45, 2.75) is 19.9 Å². The maximum Gasteiger partial charge on any atom is 0.148 e. The largest absolute Gasteiger partial charge is 0.313 e. The van der Waals surface area contributed by atoms with Crippen LogP contribution in [-0.2, 0) is 6.54 Å². The summed E-state index contributed by atoms with van der Waals surface area (Å²) >= 11 is 3.09. The van der Waals surface area contributed by atoms with Gasteiger partial charge in [0.15, 0.2) is 0 Å². The minimum absolute atomic E-state index is 0.0108. The van der Waals surface area contributed by atoms with Gasteiger partial charge >= 0.3 is 0 Å². The van der Waals surface area contributed by atoms with Gasteiger partial charge in [-0.2, -0.15) is 0 Å². The van der Waals surface area contributed by atoms with Crippen molar-refractivity contribution in [2.24, 2.45) is 0 Å². The molecule has 2 aromatic carbocycles. The summed E-state index contributed by atoms with van der Waals surface area (Å²) in [4.78, 5) is 0. The van der Waals surface area contributed by atoms with Crippen molar-refractivity contribution in [3.63, 3.8) is 0 Å². The molecular formula is C16H16BrF2N. The van der Waals surface area contributed by atoms with Crippen LogP contribution >= 0.6 is 15.9 Å². The summed E-state index contributed by atoms with van der Waals surface area (Å²) in [6.07, 6.45) is 1.05. The number of nitrogens with one attached hydrogen (secondary N) is 1. The number of hydrogen-bond acceptors (Lipinski definition) is 1. The SMILES string of the molecule is CCCNCc1cccc(-c2c(F)ccc(Br)c2F)c1. The summed E-state index contributed by atoms with van der Waals surface area (Å²) in [6, 6.07) is 9.94. The van der Waals surface area contributed by atoms with Crippen molar-refractivity contribution in [1.29, 1.82) is 0 Å². The van der Waals surface area contributed by atoms with E-state index in [9.17, 15) is 8.78 Å². The third-order valence-electron chi connectivity index (χ3n) is 3.02. The van der Waals surface area contributed by atoms with E-state index in [1.807, 2.05) is 18.2 Å². The molecule has 0 bridgehead atoms. The molecule has 0 fully saturated rings. The molecule has 2 aromatic rings. The van der Waals surface area contributed by atoms with E-state index in [4.69, 9.17) is 0 Å². The van der Waals surface area contributed by atoms with Gasteiger partial charge in [0, 0.05) is 6.54 Å². The highest BCUT2D eigenvalue weighted by Gasteiger charge is 2.14. The molecule has 0 atom stereocenters. The molecular weight excluding hydrogens is 324 g/mol. The summed E-state index contributed by atoms with van der Waals surface area (Å²) in [5.41, 5.74) is 1.57. The lowest BCUT2D eigenvalue weighted by Gasteiger charge is -2.09. The zero-order valence-corrected chi connectivity index (χ0v) is 12.8. The van der Waals surface area contributed by atoms with E-state index in [0.717, 1.165) is 18.5 Å². The molecule has 1 N–H and O–H groups in total. The first kappa shape index (κ1) is 15.1. The summed E-state index contributed by atoms with van der Waals surface area (Å²) in [5.74, 6) is -1.12. The topological polar surface area (TPSA) is 12.0 Å². The summed E-state index contributed by atoms with van der Waals surface area (Å²) in [7, 11) is 0. The third kappa shape index (κ3) is 3.44. The second kappa shape index (κ2) is 6.95. The van der Waals surface area contributed by atoms with Crippen LogP contribution in [0.15, 0.2) is 40.9 Å². The number of rotatable bonds is 5. The Labute approximate surface area is 126 Å². The lowest BCUT2D eigenvalue weighted by Crippen LogP contribution is -2.13. The van der Waals surface area contributed by atoms with E-state index >= 15 is 0 Å². The molecule has 0 amide bonds. The lowest BCUT2D eigenvalue weighted by molar-refractivity contribution is 0.585. The molecule has 0 aliphatic heterocycles. The summed E-state index contributed by atoms with van der Waals surface area (Å²) in [6.45, 7) is 3.71. The third-order valence-corrected chi connectivity index (χ3v) is 3.63. The van der Waals surface area contributed by atoms with Crippen LogP contribution in [0.5, 0.6) is 0 Å². The van der Waals surface area contributed by atoms with E-state index < -0.39 is 11.6 Å². The highest BCUT2D eigenvalue weighted by atomic mass is 79.9. The molecule has 0 saturated carbocycles. The smallest absolute Gasteiger partial charge is 0.148 e. The van der Waals surface area contributed by atoms with Crippen LogP contribution in [0, 0.1) is 11.6 Å². The Balaban J connectivity index is 2.34. The fourth-order valence-corrected chi connectivity index (χ4v) is 2.37. The second-order valence-electron chi connectivity index (χ2n) is 4.60. The van der Waals surface area contributed by atoms with E-state index in [2.05, 4.69) is 28.2 Å². The highest BCUT2D eigenvalue weighted by molar-refractivity contribution is 9.10. The van der Waals surface area contributed by atoms with Crippen molar-refractivity contribution < 1.29 is 8.78 Å². The number of halogens is 3. The van der Waals surface area contributed by atoms with Crippen molar-refractivity contribution >= 4 is 15.9 Å². The molecule has 0 spiro atoms. The van der Waals surface area contributed by atoms with E-state index in [0.29, 0.717) is 12.1 Å². The molecule has 0 aromatic heterocycles. The first-order chi connectivity index (χ1) is 9.63. The van der Waals surface area contributed by atoms with Gasteiger partial charge in [-0.05, 0) is 58.2 Å². The first-order valence-electron chi connectivity index (χ1n) is 6.57. The van der Waals surface area contributed by atoms with Crippen molar-refractivity contribution in [2.75, 3.05) is 6.54 Å². The molecule has 1 nitrogen and oxygen atoms in total. The minimum atomic E-state index is -0.566.